The average Bonchev–Trinajstić information content (AvgIpc) is 2.90. The molecular formula is C15H14N2OS. The Bertz CT molecular complexity index is 704. The number of ether oxygens (including phenoxy) is 1. The lowest BCUT2D eigenvalue weighted by atomic mass is 10.1. The molecule has 1 heterocycles. The summed E-state index contributed by atoms with van der Waals surface area (Å²) in [5.41, 5.74) is 8.86. The van der Waals surface area contributed by atoms with Crippen molar-refractivity contribution in [3.63, 3.8) is 0 Å². The molecule has 3 aromatic rings. The number of nitrogens with zero attached hydrogens (tertiary/aromatic N) is 1. The lowest BCUT2D eigenvalue weighted by molar-refractivity contribution is 0.415. The van der Waals surface area contributed by atoms with Crippen molar-refractivity contribution >= 4 is 21.6 Å². The quantitative estimate of drug-likeness (QED) is 0.793. The van der Waals surface area contributed by atoms with Crippen LogP contribution in [0.1, 0.15) is 5.56 Å². The summed E-state index contributed by atoms with van der Waals surface area (Å²) in [6.07, 6.45) is 0. The number of methoxy groups -OCH3 is 1. The van der Waals surface area contributed by atoms with Crippen molar-refractivity contribution in [3.8, 4) is 16.3 Å². The predicted molar refractivity (Wildman–Crippen MR) is 79.5 cm³/mol. The number of hydrogen-bond donors (Lipinski definition) is 1. The highest BCUT2D eigenvalue weighted by atomic mass is 32.1. The minimum Gasteiger partial charge on any atom is -0.497 e. The summed E-state index contributed by atoms with van der Waals surface area (Å²) in [5.74, 6) is 0.862. The highest BCUT2D eigenvalue weighted by Crippen LogP contribution is 2.32. The summed E-state index contributed by atoms with van der Waals surface area (Å²) in [6, 6.07) is 14.2. The SMILES string of the molecule is COc1ccc2nc(-c3ccc(CN)cc3)sc2c1. The van der Waals surface area contributed by atoms with Crippen LogP contribution in [0.2, 0.25) is 0 Å². The minimum absolute atomic E-state index is 0.567. The van der Waals surface area contributed by atoms with Gasteiger partial charge in [-0.05, 0) is 23.8 Å². The lowest BCUT2D eigenvalue weighted by Gasteiger charge is -1.98. The molecule has 2 aromatic carbocycles. The highest BCUT2D eigenvalue weighted by molar-refractivity contribution is 7.21. The van der Waals surface area contributed by atoms with E-state index < -0.39 is 0 Å². The van der Waals surface area contributed by atoms with Crippen LogP contribution in [-0.2, 0) is 6.54 Å². The molecule has 0 atom stereocenters. The third-order valence-electron chi connectivity index (χ3n) is 3.03. The fourth-order valence-corrected chi connectivity index (χ4v) is 2.94. The van der Waals surface area contributed by atoms with E-state index in [1.54, 1.807) is 18.4 Å². The monoisotopic (exact) mass is 270 g/mol. The molecule has 0 radical (unpaired) electrons. The fraction of sp³-hybridized carbons (Fsp3) is 0.133. The molecular weight excluding hydrogens is 256 g/mol. The maximum absolute atomic E-state index is 5.60. The molecule has 0 aliphatic heterocycles. The van der Waals surface area contributed by atoms with Crippen LogP contribution in [0.3, 0.4) is 0 Å². The molecule has 0 spiro atoms. The van der Waals surface area contributed by atoms with E-state index in [9.17, 15) is 0 Å². The van der Waals surface area contributed by atoms with Gasteiger partial charge in [-0.2, -0.15) is 0 Å². The average molecular weight is 270 g/mol. The van der Waals surface area contributed by atoms with E-state index >= 15 is 0 Å². The number of nitrogens with two attached hydrogens (primary N) is 1. The molecule has 0 fully saturated rings. The second-order valence-electron chi connectivity index (χ2n) is 4.25. The standard InChI is InChI=1S/C15H14N2OS/c1-18-12-6-7-13-14(8-12)19-15(17-13)11-4-2-10(9-16)3-5-11/h2-8H,9,16H2,1H3. The van der Waals surface area contributed by atoms with Crippen molar-refractivity contribution in [2.75, 3.05) is 7.11 Å². The Balaban J connectivity index is 2.04. The Morgan fingerprint density at radius 3 is 2.63 bits per heavy atom. The molecule has 19 heavy (non-hydrogen) atoms. The minimum atomic E-state index is 0.567. The number of thiazole rings is 1. The molecule has 4 heteroatoms. The molecule has 1 aromatic heterocycles. The summed E-state index contributed by atoms with van der Waals surface area (Å²) in [4.78, 5) is 4.65. The van der Waals surface area contributed by atoms with Gasteiger partial charge in [-0.1, -0.05) is 24.3 Å². The van der Waals surface area contributed by atoms with Gasteiger partial charge in [0.05, 0.1) is 17.3 Å². The molecule has 96 valence electrons. The lowest BCUT2D eigenvalue weighted by Crippen LogP contribution is -1.94. The van der Waals surface area contributed by atoms with Crippen LogP contribution in [0.15, 0.2) is 42.5 Å². The third kappa shape index (κ3) is 2.32. The van der Waals surface area contributed by atoms with Crippen molar-refractivity contribution in [1.29, 1.82) is 0 Å². The van der Waals surface area contributed by atoms with Gasteiger partial charge in [0.15, 0.2) is 0 Å². The number of benzene rings is 2. The molecule has 0 bridgehead atoms. The summed E-state index contributed by atoms with van der Waals surface area (Å²) in [7, 11) is 1.68. The van der Waals surface area contributed by atoms with Crippen LogP contribution in [0.4, 0.5) is 0 Å². The summed E-state index contributed by atoms with van der Waals surface area (Å²) < 4.78 is 6.37. The zero-order valence-corrected chi connectivity index (χ0v) is 11.4. The van der Waals surface area contributed by atoms with E-state index in [1.165, 1.54) is 0 Å². The van der Waals surface area contributed by atoms with Gasteiger partial charge in [-0.25, -0.2) is 4.98 Å². The maximum atomic E-state index is 5.60. The van der Waals surface area contributed by atoms with E-state index in [0.29, 0.717) is 6.54 Å². The molecule has 0 unspecified atom stereocenters. The topological polar surface area (TPSA) is 48.1 Å². The van der Waals surface area contributed by atoms with Crippen LogP contribution in [0.25, 0.3) is 20.8 Å². The number of hydrogen-bond acceptors (Lipinski definition) is 4. The number of fused-ring (bicyclic) bond motifs is 1. The summed E-state index contributed by atoms with van der Waals surface area (Å²) in [6.45, 7) is 0.567. The number of aromatic nitrogens is 1. The second kappa shape index (κ2) is 4.99. The van der Waals surface area contributed by atoms with E-state index in [2.05, 4.69) is 17.1 Å². The van der Waals surface area contributed by atoms with E-state index in [0.717, 1.165) is 32.1 Å². The first-order valence-electron chi connectivity index (χ1n) is 6.04. The van der Waals surface area contributed by atoms with E-state index in [-0.39, 0.29) is 0 Å². The Kier molecular flexibility index (Phi) is 3.19. The van der Waals surface area contributed by atoms with E-state index in [1.807, 2.05) is 30.3 Å². The first-order chi connectivity index (χ1) is 9.30. The van der Waals surface area contributed by atoms with Crippen molar-refractivity contribution in [3.05, 3.63) is 48.0 Å². The zero-order valence-electron chi connectivity index (χ0n) is 10.6. The van der Waals surface area contributed by atoms with Gasteiger partial charge in [0.1, 0.15) is 10.8 Å². The zero-order chi connectivity index (χ0) is 13.2. The van der Waals surface area contributed by atoms with Crippen molar-refractivity contribution in [1.82, 2.24) is 4.98 Å². The molecule has 2 N–H and O–H groups in total. The molecule has 0 amide bonds. The summed E-state index contributed by atoms with van der Waals surface area (Å²) in [5, 5.41) is 1.02. The van der Waals surface area contributed by atoms with Gasteiger partial charge in [0.25, 0.3) is 0 Å². The van der Waals surface area contributed by atoms with Crippen LogP contribution >= 0.6 is 11.3 Å². The van der Waals surface area contributed by atoms with E-state index in [4.69, 9.17) is 10.5 Å². The molecule has 0 aliphatic rings. The highest BCUT2D eigenvalue weighted by Gasteiger charge is 2.07. The summed E-state index contributed by atoms with van der Waals surface area (Å²) >= 11 is 1.67. The van der Waals surface area contributed by atoms with Crippen LogP contribution < -0.4 is 10.5 Å². The normalized spacial score (nSPS) is 10.8. The second-order valence-corrected chi connectivity index (χ2v) is 5.28. The van der Waals surface area contributed by atoms with Gasteiger partial charge in [0.2, 0.25) is 0 Å². The molecule has 0 aliphatic carbocycles. The Labute approximate surface area is 115 Å². The van der Waals surface area contributed by atoms with Crippen molar-refractivity contribution < 1.29 is 4.74 Å². The first kappa shape index (κ1) is 12.1. The largest absolute Gasteiger partial charge is 0.497 e. The Morgan fingerprint density at radius 1 is 1.16 bits per heavy atom. The van der Waals surface area contributed by atoms with Crippen molar-refractivity contribution in [2.24, 2.45) is 5.73 Å². The Morgan fingerprint density at radius 2 is 1.95 bits per heavy atom. The fourth-order valence-electron chi connectivity index (χ4n) is 1.94. The van der Waals surface area contributed by atoms with Gasteiger partial charge >= 0.3 is 0 Å². The third-order valence-corrected chi connectivity index (χ3v) is 4.10. The number of rotatable bonds is 3. The first-order valence-corrected chi connectivity index (χ1v) is 6.86. The van der Waals surface area contributed by atoms with Crippen LogP contribution in [0.5, 0.6) is 5.75 Å². The van der Waals surface area contributed by atoms with Gasteiger partial charge < -0.3 is 10.5 Å². The van der Waals surface area contributed by atoms with Crippen molar-refractivity contribution in [2.45, 2.75) is 6.54 Å². The molecule has 0 saturated heterocycles. The molecule has 3 nitrogen and oxygen atoms in total. The van der Waals surface area contributed by atoms with Crippen LogP contribution in [0, 0.1) is 0 Å². The molecule has 0 saturated carbocycles. The smallest absolute Gasteiger partial charge is 0.124 e. The predicted octanol–water partition coefficient (Wildman–Crippen LogP) is 3.43. The molecule has 3 rings (SSSR count). The Hall–Kier alpha value is -1.91. The maximum Gasteiger partial charge on any atom is 0.124 e. The van der Waals surface area contributed by atoms with Gasteiger partial charge in [-0.3, -0.25) is 0 Å². The van der Waals surface area contributed by atoms with Gasteiger partial charge in [-0.15, -0.1) is 11.3 Å². The van der Waals surface area contributed by atoms with Crippen LogP contribution in [-0.4, -0.2) is 12.1 Å². The van der Waals surface area contributed by atoms with Gasteiger partial charge in [0, 0.05) is 12.1 Å².